The lowest BCUT2D eigenvalue weighted by Gasteiger charge is -2.19. The number of hydrogen-bond acceptors (Lipinski definition) is 0. The van der Waals surface area contributed by atoms with Crippen LogP contribution in [0.4, 0.5) is 0 Å². The van der Waals surface area contributed by atoms with Crippen LogP contribution in [0.3, 0.4) is 0 Å². The van der Waals surface area contributed by atoms with E-state index in [4.69, 9.17) is 0 Å². The van der Waals surface area contributed by atoms with Crippen molar-refractivity contribution < 1.29 is 0 Å². The van der Waals surface area contributed by atoms with Gasteiger partial charge in [-0.1, -0.05) is 78.9 Å². The van der Waals surface area contributed by atoms with Gasteiger partial charge in [-0.15, -0.1) is 0 Å². The first kappa shape index (κ1) is 21.1. The highest BCUT2D eigenvalue weighted by molar-refractivity contribution is 6.22. The summed E-state index contributed by atoms with van der Waals surface area (Å²) < 4.78 is 5.04. The van der Waals surface area contributed by atoms with E-state index in [-0.39, 0.29) is 0 Å². The molecule has 0 radical (unpaired) electrons. The van der Waals surface area contributed by atoms with Gasteiger partial charge in [-0.05, 0) is 83.5 Å². The number of fused-ring (bicyclic) bond motifs is 10. The summed E-state index contributed by atoms with van der Waals surface area (Å²) in [5.74, 6) is 0.650. The summed E-state index contributed by atoms with van der Waals surface area (Å²) in [6.07, 6.45) is 7.98. The second-order valence-corrected chi connectivity index (χ2v) is 11.6. The van der Waals surface area contributed by atoms with Gasteiger partial charge in [0.25, 0.3) is 0 Å². The molecular weight excluding hydrogens is 484 g/mol. The van der Waals surface area contributed by atoms with E-state index in [0.717, 1.165) is 19.3 Å². The van der Waals surface area contributed by atoms with Crippen molar-refractivity contribution in [1.29, 1.82) is 0 Å². The zero-order valence-electron chi connectivity index (χ0n) is 22.1. The third-order valence-electron chi connectivity index (χ3n) is 9.60. The average Bonchev–Trinajstić information content (AvgIpc) is 3.46. The second-order valence-electron chi connectivity index (χ2n) is 11.6. The minimum atomic E-state index is 0.650. The maximum Gasteiger partial charge on any atom is 0.0638 e. The van der Waals surface area contributed by atoms with Crippen molar-refractivity contribution >= 4 is 38.8 Å². The molecular formula is C38H26N2. The van der Waals surface area contributed by atoms with Crippen LogP contribution in [0, 0.1) is 0 Å². The summed E-state index contributed by atoms with van der Waals surface area (Å²) in [7, 11) is 0. The Balaban J connectivity index is 1.34. The molecule has 0 fully saturated rings. The maximum atomic E-state index is 2.60. The van der Waals surface area contributed by atoms with Crippen molar-refractivity contribution in [2.75, 3.05) is 0 Å². The van der Waals surface area contributed by atoms with Crippen molar-refractivity contribution in [3.05, 3.63) is 137 Å². The third kappa shape index (κ3) is 2.59. The summed E-state index contributed by atoms with van der Waals surface area (Å²) in [4.78, 5) is 0. The Hall–Kier alpha value is -4.82. The Morgan fingerprint density at radius 1 is 0.650 bits per heavy atom. The first-order chi connectivity index (χ1) is 19.9. The number of rotatable bonds is 2. The Morgan fingerprint density at radius 3 is 2.50 bits per heavy atom. The van der Waals surface area contributed by atoms with Gasteiger partial charge in [0.2, 0.25) is 0 Å². The van der Waals surface area contributed by atoms with Gasteiger partial charge in [0.1, 0.15) is 0 Å². The topological polar surface area (TPSA) is 9.86 Å². The summed E-state index contributed by atoms with van der Waals surface area (Å²) >= 11 is 0. The Kier molecular flexibility index (Phi) is 3.91. The molecule has 10 rings (SSSR count). The van der Waals surface area contributed by atoms with Crippen molar-refractivity contribution in [3.63, 3.8) is 0 Å². The summed E-state index contributed by atoms with van der Waals surface area (Å²) in [5, 5.41) is 3.99. The Bertz CT molecular complexity index is 2240. The maximum absolute atomic E-state index is 2.60. The molecule has 5 aromatic carbocycles. The molecule has 1 unspecified atom stereocenters. The molecule has 2 heteroatoms. The molecule has 0 saturated carbocycles. The normalized spacial score (nSPS) is 16.4. The van der Waals surface area contributed by atoms with Crippen LogP contribution in [0.1, 0.15) is 40.3 Å². The second kappa shape index (κ2) is 7.43. The molecule has 0 saturated heterocycles. The average molecular weight is 511 g/mol. The molecule has 3 aliphatic carbocycles. The zero-order chi connectivity index (χ0) is 25.9. The van der Waals surface area contributed by atoms with E-state index < -0.39 is 0 Å². The van der Waals surface area contributed by atoms with Gasteiger partial charge in [-0.2, -0.15) is 0 Å². The fourth-order valence-electron chi connectivity index (χ4n) is 7.87. The van der Waals surface area contributed by atoms with Crippen LogP contribution >= 0.6 is 0 Å². The van der Waals surface area contributed by atoms with E-state index in [9.17, 15) is 0 Å². The number of aromatic nitrogens is 2. The number of para-hydroxylation sites is 2. The zero-order valence-corrected chi connectivity index (χ0v) is 22.1. The van der Waals surface area contributed by atoms with Crippen LogP contribution in [-0.2, 0) is 12.8 Å². The molecule has 1 atom stereocenters. The predicted octanol–water partition coefficient (Wildman–Crippen LogP) is 9.36. The first-order valence-corrected chi connectivity index (χ1v) is 14.4. The monoisotopic (exact) mass is 510 g/mol. The molecule has 0 amide bonds. The molecule has 0 bridgehead atoms. The van der Waals surface area contributed by atoms with Gasteiger partial charge in [-0.25, -0.2) is 0 Å². The molecule has 0 N–H and O–H groups in total. The quantitative estimate of drug-likeness (QED) is 0.219. The van der Waals surface area contributed by atoms with E-state index >= 15 is 0 Å². The molecule has 0 aliphatic heterocycles. The van der Waals surface area contributed by atoms with Crippen molar-refractivity contribution in [3.8, 4) is 22.5 Å². The molecule has 40 heavy (non-hydrogen) atoms. The van der Waals surface area contributed by atoms with Gasteiger partial charge in [0.05, 0.1) is 16.6 Å². The molecule has 188 valence electrons. The Labute approximate surface area is 232 Å². The lowest BCUT2D eigenvalue weighted by molar-refractivity contribution is 0.886. The fourth-order valence-corrected chi connectivity index (χ4v) is 7.87. The lowest BCUT2D eigenvalue weighted by Crippen LogP contribution is -2.05. The van der Waals surface area contributed by atoms with Crippen LogP contribution in [0.5, 0.6) is 0 Å². The first-order valence-electron chi connectivity index (χ1n) is 14.4. The van der Waals surface area contributed by atoms with Gasteiger partial charge in [0.15, 0.2) is 0 Å². The molecule has 0 spiro atoms. The van der Waals surface area contributed by atoms with Crippen molar-refractivity contribution in [2.24, 2.45) is 0 Å². The van der Waals surface area contributed by atoms with E-state index in [1.165, 1.54) is 72.0 Å². The fraction of sp³-hybridized carbons (Fsp3) is 0.105. The molecule has 7 aromatic rings. The highest BCUT2D eigenvalue weighted by atomic mass is 15.0. The number of benzene rings is 5. The van der Waals surface area contributed by atoms with Gasteiger partial charge in [0, 0.05) is 44.7 Å². The van der Waals surface area contributed by atoms with Crippen LogP contribution in [-0.4, -0.2) is 9.13 Å². The number of hydrogen-bond donors (Lipinski definition) is 0. The lowest BCUT2D eigenvalue weighted by atomic mass is 9.90. The molecule has 2 nitrogen and oxygen atoms in total. The smallest absolute Gasteiger partial charge is 0.0638 e. The molecule has 2 heterocycles. The van der Waals surface area contributed by atoms with Crippen molar-refractivity contribution in [2.45, 2.75) is 25.2 Å². The third-order valence-corrected chi connectivity index (χ3v) is 9.60. The van der Waals surface area contributed by atoms with E-state index in [0.29, 0.717) is 5.92 Å². The minimum absolute atomic E-state index is 0.650. The molecule has 3 aliphatic rings. The van der Waals surface area contributed by atoms with E-state index in [1.807, 2.05) is 0 Å². The Morgan fingerprint density at radius 2 is 1.55 bits per heavy atom. The highest BCUT2D eigenvalue weighted by Crippen LogP contribution is 2.56. The SMILES string of the molecule is C1=Cc2c(n(-c3ccc4c(c3)-c3cccc5c3C5C4)c3c2ccc2c3c3ccccc3n2-c2ccccc2)CC1. The minimum Gasteiger partial charge on any atom is -0.312 e. The number of allylic oxidation sites excluding steroid dienone is 1. The van der Waals surface area contributed by atoms with Crippen LogP contribution < -0.4 is 0 Å². The van der Waals surface area contributed by atoms with E-state index in [1.54, 1.807) is 11.1 Å². The van der Waals surface area contributed by atoms with Gasteiger partial charge < -0.3 is 9.13 Å². The number of nitrogens with zero attached hydrogens (tertiary/aromatic N) is 2. The predicted molar refractivity (Wildman–Crippen MR) is 166 cm³/mol. The standard InChI is InChI=1S/C38H26N2/c1-2-9-24(10-3-1)39-34-16-7-5-12-30(34)37-35(39)20-19-29-26-11-4-6-15-33(26)40(38(29)37)25-18-17-23-21-32-28-14-8-13-27(36(28)32)31(23)22-25/h1-5,7-14,16-20,22,32H,6,15,21H2. The van der Waals surface area contributed by atoms with Crippen molar-refractivity contribution in [1.82, 2.24) is 9.13 Å². The van der Waals surface area contributed by atoms with Gasteiger partial charge >= 0.3 is 0 Å². The summed E-state index contributed by atoms with van der Waals surface area (Å²) in [6, 6.07) is 38.6. The largest absolute Gasteiger partial charge is 0.312 e. The molecule has 2 aromatic heterocycles. The summed E-state index contributed by atoms with van der Waals surface area (Å²) in [6.45, 7) is 0. The van der Waals surface area contributed by atoms with E-state index in [2.05, 4.69) is 124 Å². The highest BCUT2D eigenvalue weighted by Gasteiger charge is 2.39. The van der Waals surface area contributed by atoms with Crippen LogP contribution in [0.2, 0.25) is 0 Å². The van der Waals surface area contributed by atoms with Gasteiger partial charge in [-0.3, -0.25) is 0 Å². The summed E-state index contributed by atoms with van der Waals surface area (Å²) in [5.41, 5.74) is 16.6. The van der Waals surface area contributed by atoms with Crippen LogP contribution in [0.15, 0.2) is 109 Å². The van der Waals surface area contributed by atoms with Crippen LogP contribution in [0.25, 0.3) is 61.3 Å².